The van der Waals surface area contributed by atoms with Gasteiger partial charge in [-0.05, 0) is 49.8 Å². The number of nitrogens with one attached hydrogen (secondary N) is 1. The minimum absolute atomic E-state index is 0.0999. The molecule has 6 nitrogen and oxygen atoms in total. The van der Waals surface area contributed by atoms with Crippen molar-refractivity contribution in [3.8, 4) is 0 Å². The van der Waals surface area contributed by atoms with E-state index in [9.17, 15) is 9.59 Å². The summed E-state index contributed by atoms with van der Waals surface area (Å²) in [7, 11) is 0. The molecule has 2 rings (SSSR count). The Morgan fingerprint density at radius 3 is 2.29 bits per heavy atom. The second-order valence-electron chi connectivity index (χ2n) is 4.81. The van der Waals surface area contributed by atoms with Gasteiger partial charge in [-0.15, -0.1) is 0 Å². The van der Waals surface area contributed by atoms with E-state index in [1.165, 1.54) is 6.08 Å². The molecule has 1 aliphatic carbocycles. The Kier molecular flexibility index (Phi) is 3.62. The van der Waals surface area contributed by atoms with Crippen molar-refractivity contribution < 1.29 is 9.59 Å². The fourth-order valence-corrected chi connectivity index (χ4v) is 2.20. The summed E-state index contributed by atoms with van der Waals surface area (Å²) in [5.74, 6) is -0.350. The summed E-state index contributed by atoms with van der Waals surface area (Å²) >= 11 is 0. The second kappa shape index (κ2) is 5.24. The van der Waals surface area contributed by atoms with E-state index >= 15 is 0 Å². The number of ketones is 1. The molecule has 6 heteroatoms. The minimum atomic E-state index is -0.789. The third-order valence-corrected chi connectivity index (χ3v) is 3.30. The third kappa shape index (κ3) is 2.55. The number of rotatable bonds is 2. The number of primary amides is 1. The van der Waals surface area contributed by atoms with Gasteiger partial charge in [0.1, 0.15) is 5.70 Å². The quantitative estimate of drug-likeness (QED) is 0.570. The van der Waals surface area contributed by atoms with E-state index in [1.54, 1.807) is 38.1 Å². The average molecular weight is 284 g/mol. The van der Waals surface area contributed by atoms with Gasteiger partial charge in [0.15, 0.2) is 0 Å². The number of nitrogen functional groups attached to an aromatic ring is 1. The highest BCUT2D eigenvalue weighted by atomic mass is 16.2. The van der Waals surface area contributed by atoms with Gasteiger partial charge < -0.3 is 16.9 Å². The lowest BCUT2D eigenvalue weighted by Gasteiger charge is -2.27. The lowest BCUT2D eigenvalue weighted by molar-refractivity contribution is -0.111. The molecule has 0 unspecified atom stereocenters. The van der Waals surface area contributed by atoms with E-state index < -0.39 is 6.03 Å². The Morgan fingerprint density at radius 1 is 1.19 bits per heavy atom. The first-order chi connectivity index (χ1) is 9.82. The summed E-state index contributed by atoms with van der Waals surface area (Å²) in [4.78, 5) is 25.2. The zero-order valence-electron chi connectivity index (χ0n) is 11.8. The van der Waals surface area contributed by atoms with Crippen LogP contribution < -0.4 is 16.4 Å². The summed E-state index contributed by atoms with van der Waals surface area (Å²) < 4.78 is 0. The Labute approximate surface area is 122 Å². The fourth-order valence-electron chi connectivity index (χ4n) is 2.20. The molecule has 0 heterocycles. The topological polar surface area (TPSA) is 113 Å². The van der Waals surface area contributed by atoms with Gasteiger partial charge in [-0.2, -0.15) is 0 Å². The van der Waals surface area contributed by atoms with Gasteiger partial charge in [0.25, 0.3) is 0 Å². The van der Waals surface area contributed by atoms with Crippen molar-refractivity contribution in [1.29, 1.82) is 5.41 Å². The Balaban J connectivity index is 2.58. The monoisotopic (exact) mass is 284 g/mol. The van der Waals surface area contributed by atoms with Crippen molar-refractivity contribution in [2.24, 2.45) is 5.73 Å². The van der Waals surface area contributed by atoms with Crippen molar-refractivity contribution in [1.82, 2.24) is 0 Å². The number of hydrogen-bond acceptors (Lipinski definition) is 4. The maximum Gasteiger partial charge on any atom is 0.324 e. The molecule has 0 saturated heterocycles. The van der Waals surface area contributed by atoms with Crippen LogP contribution in [0.2, 0.25) is 0 Å². The predicted molar refractivity (Wildman–Crippen MR) is 82.1 cm³/mol. The van der Waals surface area contributed by atoms with Gasteiger partial charge in [-0.3, -0.25) is 9.69 Å². The molecule has 0 aromatic heterocycles. The maximum absolute atomic E-state index is 12.2. The van der Waals surface area contributed by atoms with Gasteiger partial charge in [-0.25, -0.2) is 4.79 Å². The number of carbonyl (C=O) groups excluding carboxylic acids is 2. The van der Waals surface area contributed by atoms with Crippen LogP contribution in [0.1, 0.15) is 13.8 Å². The van der Waals surface area contributed by atoms with E-state index in [-0.39, 0.29) is 17.2 Å². The van der Waals surface area contributed by atoms with Crippen molar-refractivity contribution in [3.63, 3.8) is 0 Å². The highest BCUT2D eigenvalue weighted by Gasteiger charge is 2.29. The largest absolute Gasteiger partial charge is 0.399 e. The first-order valence-corrected chi connectivity index (χ1v) is 6.31. The van der Waals surface area contributed by atoms with E-state index in [1.807, 2.05) is 0 Å². The first kappa shape index (κ1) is 14.5. The van der Waals surface area contributed by atoms with E-state index in [0.29, 0.717) is 22.5 Å². The smallest absolute Gasteiger partial charge is 0.324 e. The number of amides is 2. The molecule has 1 aliphatic rings. The molecular formula is C15H16N4O2. The fraction of sp³-hybridized carbons (Fsp3) is 0.133. The number of anilines is 2. The van der Waals surface area contributed by atoms with E-state index in [2.05, 4.69) is 0 Å². The molecule has 0 aliphatic heterocycles. The van der Waals surface area contributed by atoms with Gasteiger partial charge >= 0.3 is 6.03 Å². The van der Waals surface area contributed by atoms with Gasteiger partial charge in [0.05, 0.1) is 11.4 Å². The molecule has 0 saturated carbocycles. The van der Waals surface area contributed by atoms with Crippen molar-refractivity contribution in [2.75, 3.05) is 10.6 Å². The standard InChI is InChI=1S/C15H16N4O2/c1-8-7-12(20)14(9(2)13(8)17)19(15(18)21)11-5-3-10(16)4-6-11/h3-7,17H,16H2,1-2H3,(H2,18,21). The average Bonchev–Trinajstić information content (AvgIpc) is 2.42. The molecule has 0 bridgehead atoms. The molecule has 1 aromatic rings. The third-order valence-electron chi connectivity index (χ3n) is 3.30. The molecule has 0 atom stereocenters. The van der Waals surface area contributed by atoms with Gasteiger partial charge in [0, 0.05) is 11.3 Å². The van der Waals surface area contributed by atoms with E-state index in [4.69, 9.17) is 16.9 Å². The van der Waals surface area contributed by atoms with Crippen LogP contribution in [0.4, 0.5) is 16.2 Å². The summed E-state index contributed by atoms with van der Waals surface area (Å²) in [5, 5.41) is 7.97. The van der Waals surface area contributed by atoms with Crippen LogP contribution in [0.25, 0.3) is 0 Å². The van der Waals surface area contributed by atoms with Crippen LogP contribution in [0.3, 0.4) is 0 Å². The predicted octanol–water partition coefficient (Wildman–Crippen LogP) is 1.98. The second-order valence-corrected chi connectivity index (χ2v) is 4.81. The molecule has 21 heavy (non-hydrogen) atoms. The molecule has 5 N–H and O–H groups in total. The molecule has 108 valence electrons. The number of carbonyl (C=O) groups is 2. The van der Waals surface area contributed by atoms with E-state index in [0.717, 1.165) is 4.90 Å². The highest BCUT2D eigenvalue weighted by Crippen LogP contribution is 2.27. The lowest BCUT2D eigenvalue weighted by Crippen LogP contribution is -2.40. The van der Waals surface area contributed by atoms with Crippen LogP contribution in [0.15, 0.2) is 47.2 Å². The van der Waals surface area contributed by atoms with Crippen molar-refractivity contribution in [2.45, 2.75) is 13.8 Å². The van der Waals surface area contributed by atoms with Crippen molar-refractivity contribution in [3.05, 3.63) is 47.2 Å². The number of urea groups is 1. The Morgan fingerprint density at radius 2 is 1.76 bits per heavy atom. The summed E-state index contributed by atoms with van der Waals surface area (Å²) in [6, 6.07) is 5.63. The van der Waals surface area contributed by atoms with Crippen LogP contribution in [0.5, 0.6) is 0 Å². The molecule has 0 fully saturated rings. The van der Waals surface area contributed by atoms with Crippen LogP contribution >= 0.6 is 0 Å². The summed E-state index contributed by atoms with van der Waals surface area (Å²) in [6.07, 6.45) is 1.33. The van der Waals surface area contributed by atoms with Crippen molar-refractivity contribution >= 4 is 28.9 Å². The normalized spacial score (nSPS) is 15.0. The van der Waals surface area contributed by atoms with Crippen LogP contribution in [-0.2, 0) is 4.79 Å². The van der Waals surface area contributed by atoms with Crippen LogP contribution in [-0.4, -0.2) is 17.5 Å². The number of nitrogens with two attached hydrogens (primary N) is 2. The summed E-state index contributed by atoms with van der Waals surface area (Å²) in [5.41, 5.74) is 13.3. The molecule has 2 amide bonds. The summed E-state index contributed by atoms with van der Waals surface area (Å²) in [6.45, 7) is 3.30. The zero-order valence-corrected chi connectivity index (χ0v) is 11.8. The SMILES string of the molecule is CC1=CC(=O)C(N(C(N)=O)c2ccc(N)cc2)=C(C)C1=N. The number of nitrogens with zero attached hydrogens (tertiary/aromatic N) is 1. The number of allylic oxidation sites excluding steroid dienone is 3. The number of hydrogen-bond donors (Lipinski definition) is 3. The van der Waals surface area contributed by atoms with Gasteiger partial charge in [-0.1, -0.05) is 0 Å². The minimum Gasteiger partial charge on any atom is -0.399 e. The lowest BCUT2D eigenvalue weighted by atomic mass is 9.93. The molecular weight excluding hydrogens is 268 g/mol. The Bertz CT molecular complexity index is 699. The van der Waals surface area contributed by atoms with Crippen LogP contribution in [0, 0.1) is 5.41 Å². The maximum atomic E-state index is 12.2. The molecule has 1 aromatic carbocycles. The van der Waals surface area contributed by atoms with Gasteiger partial charge in [0.2, 0.25) is 5.78 Å². The molecule has 0 radical (unpaired) electrons. The number of benzene rings is 1. The highest BCUT2D eigenvalue weighted by molar-refractivity contribution is 6.26. The molecule has 0 spiro atoms. The Hall–Kier alpha value is -2.89. The zero-order chi connectivity index (χ0) is 15.7. The first-order valence-electron chi connectivity index (χ1n) is 6.31.